The van der Waals surface area contributed by atoms with Crippen molar-refractivity contribution in [1.82, 2.24) is 15.2 Å². The van der Waals surface area contributed by atoms with Gasteiger partial charge in [-0.15, -0.1) is 0 Å². The lowest BCUT2D eigenvalue weighted by atomic mass is 10.1. The van der Waals surface area contributed by atoms with Crippen LogP contribution in [0.15, 0.2) is 27.4 Å². The Kier molecular flexibility index (Phi) is 3.61. The minimum absolute atomic E-state index is 0.399. The first kappa shape index (κ1) is 11.9. The van der Waals surface area contributed by atoms with Crippen LogP contribution in [0, 0.1) is 0 Å². The highest BCUT2D eigenvalue weighted by atomic mass is 16.4. The van der Waals surface area contributed by atoms with Gasteiger partial charge in [0.15, 0.2) is 5.58 Å². The topological polar surface area (TPSA) is 61.3 Å². The molecule has 1 aromatic heterocycles. The van der Waals surface area contributed by atoms with Crippen molar-refractivity contribution in [3.8, 4) is 0 Å². The first-order chi connectivity index (χ1) is 8.19. The lowest BCUT2D eigenvalue weighted by molar-refractivity contribution is 0.321. The molecular weight excluding hydrogens is 218 g/mol. The molecule has 1 heterocycles. The van der Waals surface area contributed by atoms with Crippen LogP contribution in [0.3, 0.4) is 0 Å². The van der Waals surface area contributed by atoms with Gasteiger partial charge in [-0.25, -0.2) is 4.79 Å². The summed E-state index contributed by atoms with van der Waals surface area (Å²) in [6, 6.07) is 5.81. The van der Waals surface area contributed by atoms with Crippen molar-refractivity contribution in [1.29, 1.82) is 0 Å². The number of fused-ring (bicyclic) bond motifs is 1. The monoisotopic (exact) mass is 235 g/mol. The van der Waals surface area contributed by atoms with Crippen molar-refractivity contribution in [2.24, 2.45) is 0 Å². The molecule has 0 unspecified atom stereocenters. The molecule has 0 amide bonds. The molecule has 5 heteroatoms. The van der Waals surface area contributed by atoms with Gasteiger partial charge in [0, 0.05) is 13.2 Å². The molecule has 2 aromatic rings. The molecule has 0 aliphatic carbocycles. The Morgan fingerprint density at radius 2 is 2.29 bits per heavy atom. The third-order valence-corrected chi connectivity index (χ3v) is 2.70. The zero-order valence-electron chi connectivity index (χ0n) is 10.1. The molecular formula is C12H17N3O2. The minimum atomic E-state index is -0.399. The van der Waals surface area contributed by atoms with E-state index in [1.807, 2.05) is 25.2 Å². The summed E-state index contributed by atoms with van der Waals surface area (Å²) in [5.41, 5.74) is 2.55. The Morgan fingerprint density at radius 3 is 3.06 bits per heavy atom. The van der Waals surface area contributed by atoms with Gasteiger partial charge < -0.3 is 9.73 Å². The number of rotatable bonds is 5. The molecule has 2 rings (SSSR count). The van der Waals surface area contributed by atoms with E-state index < -0.39 is 5.76 Å². The van der Waals surface area contributed by atoms with Crippen molar-refractivity contribution < 1.29 is 4.42 Å². The first-order valence-corrected chi connectivity index (χ1v) is 5.64. The first-order valence-electron chi connectivity index (χ1n) is 5.64. The fourth-order valence-electron chi connectivity index (χ4n) is 1.81. The number of nitrogens with zero attached hydrogens (tertiary/aromatic N) is 1. The van der Waals surface area contributed by atoms with Gasteiger partial charge in [-0.3, -0.25) is 9.88 Å². The third-order valence-electron chi connectivity index (χ3n) is 2.70. The lowest BCUT2D eigenvalue weighted by Gasteiger charge is -2.15. The lowest BCUT2D eigenvalue weighted by Crippen LogP contribution is -2.30. The highest BCUT2D eigenvalue weighted by molar-refractivity contribution is 5.72. The Labute approximate surface area is 99.4 Å². The van der Waals surface area contributed by atoms with Crippen LogP contribution in [-0.2, 0) is 6.42 Å². The van der Waals surface area contributed by atoms with Crippen LogP contribution in [0.25, 0.3) is 11.1 Å². The van der Waals surface area contributed by atoms with Gasteiger partial charge in [0.05, 0.1) is 5.52 Å². The standard InChI is InChI=1S/C12H17N3O2/c1-13-8-15(2)6-5-9-3-4-10-11(7-9)17-12(16)14-10/h3-4,7,13H,5-6,8H2,1-2H3,(H,14,16). The molecule has 2 N–H and O–H groups in total. The summed E-state index contributed by atoms with van der Waals surface area (Å²) < 4.78 is 5.03. The summed E-state index contributed by atoms with van der Waals surface area (Å²) >= 11 is 0. The van der Waals surface area contributed by atoms with E-state index in [9.17, 15) is 4.79 Å². The van der Waals surface area contributed by atoms with Gasteiger partial charge in [-0.05, 0) is 38.2 Å². The number of likely N-dealkylation sites (N-methyl/N-ethyl adjacent to an activating group) is 1. The van der Waals surface area contributed by atoms with Gasteiger partial charge >= 0.3 is 5.76 Å². The molecule has 1 aromatic carbocycles. The van der Waals surface area contributed by atoms with E-state index >= 15 is 0 Å². The molecule has 0 aliphatic heterocycles. The van der Waals surface area contributed by atoms with E-state index in [2.05, 4.69) is 22.2 Å². The van der Waals surface area contributed by atoms with E-state index in [-0.39, 0.29) is 0 Å². The van der Waals surface area contributed by atoms with E-state index in [0.29, 0.717) is 5.58 Å². The molecule has 0 radical (unpaired) electrons. The molecule has 0 saturated carbocycles. The average Bonchev–Trinajstić information content (AvgIpc) is 2.66. The van der Waals surface area contributed by atoms with E-state index in [1.54, 1.807) is 0 Å². The average molecular weight is 235 g/mol. The number of nitrogens with one attached hydrogen (secondary N) is 2. The molecule has 0 atom stereocenters. The van der Waals surface area contributed by atoms with Crippen molar-refractivity contribution >= 4 is 11.1 Å². The second-order valence-electron chi connectivity index (χ2n) is 4.19. The highest BCUT2D eigenvalue weighted by Crippen LogP contribution is 2.12. The van der Waals surface area contributed by atoms with Gasteiger partial charge in [-0.1, -0.05) is 6.07 Å². The van der Waals surface area contributed by atoms with Gasteiger partial charge in [0.2, 0.25) is 0 Å². The SMILES string of the molecule is CNCN(C)CCc1ccc2[nH]c(=O)oc2c1. The maximum Gasteiger partial charge on any atom is 0.417 e. The highest BCUT2D eigenvalue weighted by Gasteiger charge is 2.03. The number of benzene rings is 1. The fourth-order valence-corrected chi connectivity index (χ4v) is 1.81. The number of hydrogen-bond acceptors (Lipinski definition) is 4. The second-order valence-corrected chi connectivity index (χ2v) is 4.19. The Morgan fingerprint density at radius 1 is 1.47 bits per heavy atom. The third kappa shape index (κ3) is 2.95. The van der Waals surface area contributed by atoms with Crippen LogP contribution in [0.5, 0.6) is 0 Å². The molecule has 0 bridgehead atoms. The number of hydrogen-bond donors (Lipinski definition) is 2. The molecule has 0 aliphatic rings. The fraction of sp³-hybridized carbons (Fsp3) is 0.417. The summed E-state index contributed by atoms with van der Waals surface area (Å²) in [6.07, 6.45) is 0.934. The van der Waals surface area contributed by atoms with Crippen molar-refractivity contribution in [2.75, 3.05) is 27.3 Å². The maximum absolute atomic E-state index is 11.0. The molecule has 92 valence electrons. The summed E-state index contributed by atoms with van der Waals surface area (Å²) in [4.78, 5) is 15.8. The van der Waals surface area contributed by atoms with E-state index in [4.69, 9.17) is 4.42 Å². The summed E-state index contributed by atoms with van der Waals surface area (Å²) in [5.74, 6) is -0.399. The van der Waals surface area contributed by atoms with Crippen LogP contribution in [0.1, 0.15) is 5.56 Å². The number of H-pyrrole nitrogens is 1. The molecule has 0 saturated heterocycles. The summed E-state index contributed by atoms with van der Waals surface area (Å²) in [5, 5.41) is 3.10. The molecule has 0 fully saturated rings. The number of aromatic nitrogens is 1. The van der Waals surface area contributed by atoms with Crippen molar-refractivity contribution in [2.45, 2.75) is 6.42 Å². The van der Waals surface area contributed by atoms with Crippen molar-refractivity contribution in [3.05, 3.63) is 34.3 Å². The van der Waals surface area contributed by atoms with Crippen LogP contribution in [0.2, 0.25) is 0 Å². The molecule has 17 heavy (non-hydrogen) atoms. The zero-order valence-corrected chi connectivity index (χ0v) is 10.1. The second kappa shape index (κ2) is 5.16. The van der Waals surface area contributed by atoms with Crippen molar-refractivity contribution in [3.63, 3.8) is 0 Å². The van der Waals surface area contributed by atoms with Crippen LogP contribution >= 0.6 is 0 Å². The summed E-state index contributed by atoms with van der Waals surface area (Å²) in [6.45, 7) is 1.82. The van der Waals surface area contributed by atoms with E-state index in [1.165, 1.54) is 5.56 Å². The largest absolute Gasteiger partial charge is 0.417 e. The van der Waals surface area contributed by atoms with Gasteiger partial charge in [0.25, 0.3) is 0 Å². The normalized spacial score (nSPS) is 11.5. The van der Waals surface area contributed by atoms with E-state index in [0.717, 1.165) is 25.2 Å². The predicted octanol–water partition coefficient (Wildman–Crippen LogP) is 0.772. The van der Waals surface area contributed by atoms with Gasteiger partial charge in [-0.2, -0.15) is 0 Å². The quantitative estimate of drug-likeness (QED) is 0.752. The molecule has 0 spiro atoms. The van der Waals surface area contributed by atoms with Crippen LogP contribution in [-0.4, -0.2) is 37.2 Å². The Balaban J connectivity index is 2.06. The predicted molar refractivity (Wildman–Crippen MR) is 67.1 cm³/mol. The van der Waals surface area contributed by atoms with Crippen LogP contribution in [0.4, 0.5) is 0 Å². The summed E-state index contributed by atoms with van der Waals surface area (Å²) in [7, 11) is 3.99. The number of oxazole rings is 1. The minimum Gasteiger partial charge on any atom is -0.408 e. The van der Waals surface area contributed by atoms with Crippen LogP contribution < -0.4 is 11.1 Å². The zero-order chi connectivity index (χ0) is 12.3. The van der Waals surface area contributed by atoms with Gasteiger partial charge in [0.1, 0.15) is 0 Å². The number of aromatic amines is 1. The Hall–Kier alpha value is -1.59. The maximum atomic E-state index is 11.0. The smallest absolute Gasteiger partial charge is 0.408 e. The molecule has 5 nitrogen and oxygen atoms in total. The Bertz CT molecular complexity index is 544.